The third-order valence-electron chi connectivity index (χ3n) is 3.75. The van der Waals surface area contributed by atoms with Crippen LogP contribution in [0, 0.1) is 6.92 Å². The number of benzene rings is 2. The largest absolute Gasteiger partial charge is 0.495 e. The zero-order chi connectivity index (χ0) is 16.8. The second-order valence-electron chi connectivity index (χ2n) is 5.61. The Morgan fingerprint density at radius 3 is 2.48 bits per heavy atom. The molecule has 0 bridgehead atoms. The summed E-state index contributed by atoms with van der Waals surface area (Å²) in [7, 11) is 1.62. The Kier molecular flexibility index (Phi) is 5.63. The normalized spacial score (nSPS) is 11.7. The van der Waals surface area contributed by atoms with Gasteiger partial charge < -0.3 is 15.4 Å². The predicted octanol–water partition coefficient (Wildman–Crippen LogP) is 4.01. The number of anilines is 2. The summed E-state index contributed by atoms with van der Waals surface area (Å²) in [6.45, 7) is 5.94. The fraction of sp³-hybridized carbons (Fsp3) is 0.316. The zero-order valence-corrected chi connectivity index (χ0v) is 14.1. The molecule has 0 aliphatic carbocycles. The molecule has 0 heterocycles. The van der Waals surface area contributed by atoms with Gasteiger partial charge in [0.25, 0.3) is 0 Å². The Morgan fingerprint density at radius 1 is 1.17 bits per heavy atom. The SMILES string of the molecule is CCc1ccc(NC(=O)[C@@H](C)Nc2cc(C)ccc2OC)cc1. The van der Waals surface area contributed by atoms with Crippen molar-refractivity contribution < 1.29 is 9.53 Å². The van der Waals surface area contributed by atoms with Crippen LogP contribution in [0.25, 0.3) is 0 Å². The first-order valence-electron chi connectivity index (χ1n) is 7.84. The summed E-state index contributed by atoms with van der Waals surface area (Å²) in [5.74, 6) is 0.639. The van der Waals surface area contributed by atoms with Crippen LogP contribution in [-0.2, 0) is 11.2 Å². The quantitative estimate of drug-likeness (QED) is 0.847. The number of aryl methyl sites for hydroxylation is 2. The van der Waals surface area contributed by atoms with Crippen LogP contribution in [0.2, 0.25) is 0 Å². The van der Waals surface area contributed by atoms with E-state index in [9.17, 15) is 4.79 Å². The molecule has 0 aromatic heterocycles. The number of hydrogen-bond donors (Lipinski definition) is 2. The lowest BCUT2D eigenvalue weighted by molar-refractivity contribution is -0.116. The van der Waals surface area contributed by atoms with Gasteiger partial charge in [-0.25, -0.2) is 0 Å². The van der Waals surface area contributed by atoms with E-state index in [2.05, 4.69) is 17.6 Å². The summed E-state index contributed by atoms with van der Waals surface area (Å²) in [6.07, 6.45) is 0.985. The minimum atomic E-state index is -0.378. The van der Waals surface area contributed by atoms with Gasteiger partial charge in [0.2, 0.25) is 5.91 Å². The highest BCUT2D eigenvalue weighted by atomic mass is 16.5. The number of amides is 1. The van der Waals surface area contributed by atoms with Crippen LogP contribution in [0.5, 0.6) is 5.75 Å². The lowest BCUT2D eigenvalue weighted by Gasteiger charge is -2.18. The van der Waals surface area contributed by atoms with E-state index in [4.69, 9.17) is 4.74 Å². The molecule has 4 heteroatoms. The fourth-order valence-corrected chi connectivity index (χ4v) is 2.31. The van der Waals surface area contributed by atoms with E-state index >= 15 is 0 Å². The highest BCUT2D eigenvalue weighted by molar-refractivity contribution is 5.96. The Labute approximate surface area is 137 Å². The molecule has 2 aromatic rings. The molecule has 0 spiro atoms. The maximum atomic E-state index is 12.3. The van der Waals surface area contributed by atoms with Crippen molar-refractivity contribution in [3.63, 3.8) is 0 Å². The number of carbonyl (C=O) groups is 1. The predicted molar refractivity (Wildman–Crippen MR) is 95.3 cm³/mol. The number of ether oxygens (including phenoxy) is 1. The van der Waals surface area contributed by atoms with Crippen LogP contribution < -0.4 is 15.4 Å². The monoisotopic (exact) mass is 312 g/mol. The van der Waals surface area contributed by atoms with Gasteiger partial charge in [-0.2, -0.15) is 0 Å². The van der Waals surface area contributed by atoms with Gasteiger partial charge in [-0.05, 0) is 55.7 Å². The Hall–Kier alpha value is -2.49. The number of hydrogen-bond acceptors (Lipinski definition) is 3. The van der Waals surface area contributed by atoms with Gasteiger partial charge in [-0.1, -0.05) is 25.1 Å². The summed E-state index contributed by atoms with van der Waals surface area (Å²) < 4.78 is 5.33. The van der Waals surface area contributed by atoms with E-state index in [1.54, 1.807) is 7.11 Å². The molecule has 0 unspecified atom stereocenters. The molecule has 0 aliphatic rings. The Morgan fingerprint density at radius 2 is 1.87 bits per heavy atom. The summed E-state index contributed by atoms with van der Waals surface area (Å²) in [4.78, 5) is 12.3. The smallest absolute Gasteiger partial charge is 0.246 e. The summed E-state index contributed by atoms with van der Waals surface area (Å²) >= 11 is 0. The van der Waals surface area contributed by atoms with Gasteiger partial charge in [0.1, 0.15) is 11.8 Å². The van der Waals surface area contributed by atoms with E-state index in [0.29, 0.717) is 0 Å². The number of nitrogens with one attached hydrogen (secondary N) is 2. The van der Waals surface area contributed by atoms with Crippen molar-refractivity contribution in [1.29, 1.82) is 0 Å². The molecule has 1 atom stereocenters. The molecule has 23 heavy (non-hydrogen) atoms. The van der Waals surface area contributed by atoms with E-state index < -0.39 is 0 Å². The lowest BCUT2D eigenvalue weighted by atomic mass is 10.1. The minimum absolute atomic E-state index is 0.0854. The number of methoxy groups -OCH3 is 1. The molecule has 1 amide bonds. The summed E-state index contributed by atoms with van der Waals surface area (Å²) in [5, 5.41) is 6.13. The molecule has 2 aromatic carbocycles. The molecular weight excluding hydrogens is 288 g/mol. The lowest BCUT2D eigenvalue weighted by Crippen LogP contribution is -2.32. The van der Waals surface area contributed by atoms with Gasteiger partial charge >= 0.3 is 0 Å². The van der Waals surface area contributed by atoms with Crippen molar-refractivity contribution in [3.05, 3.63) is 53.6 Å². The van der Waals surface area contributed by atoms with Crippen LogP contribution in [0.15, 0.2) is 42.5 Å². The molecular formula is C19H24N2O2. The van der Waals surface area contributed by atoms with Crippen LogP contribution >= 0.6 is 0 Å². The minimum Gasteiger partial charge on any atom is -0.495 e. The molecule has 2 N–H and O–H groups in total. The molecule has 0 radical (unpaired) electrons. The summed E-state index contributed by atoms with van der Waals surface area (Å²) in [6, 6.07) is 13.4. The molecule has 4 nitrogen and oxygen atoms in total. The van der Waals surface area contributed by atoms with Crippen molar-refractivity contribution in [2.75, 3.05) is 17.7 Å². The first-order chi connectivity index (χ1) is 11.0. The third kappa shape index (κ3) is 4.49. The average molecular weight is 312 g/mol. The molecule has 122 valence electrons. The highest BCUT2D eigenvalue weighted by Crippen LogP contribution is 2.26. The van der Waals surface area contributed by atoms with Crippen LogP contribution in [0.3, 0.4) is 0 Å². The molecule has 0 aliphatic heterocycles. The van der Waals surface area contributed by atoms with E-state index in [1.807, 2.05) is 56.3 Å². The fourth-order valence-electron chi connectivity index (χ4n) is 2.31. The second-order valence-corrected chi connectivity index (χ2v) is 5.61. The van der Waals surface area contributed by atoms with Crippen LogP contribution in [0.4, 0.5) is 11.4 Å². The maximum Gasteiger partial charge on any atom is 0.246 e. The van der Waals surface area contributed by atoms with Crippen molar-refractivity contribution in [2.45, 2.75) is 33.2 Å². The highest BCUT2D eigenvalue weighted by Gasteiger charge is 2.15. The molecule has 0 fully saturated rings. The average Bonchev–Trinajstić information content (AvgIpc) is 2.55. The Bertz CT molecular complexity index is 666. The van der Waals surface area contributed by atoms with E-state index in [0.717, 1.165) is 29.1 Å². The molecule has 2 rings (SSSR count). The van der Waals surface area contributed by atoms with Gasteiger partial charge in [-0.15, -0.1) is 0 Å². The Balaban J connectivity index is 2.03. The van der Waals surface area contributed by atoms with Gasteiger partial charge in [0.05, 0.1) is 12.8 Å². The van der Waals surface area contributed by atoms with Gasteiger partial charge in [0, 0.05) is 5.69 Å². The standard InChI is InChI=1S/C19H24N2O2/c1-5-15-7-9-16(10-8-15)21-19(22)14(3)20-17-12-13(2)6-11-18(17)23-4/h6-12,14,20H,5H2,1-4H3,(H,21,22)/t14-/m1/s1. The number of rotatable bonds is 6. The van der Waals surface area contributed by atoms with Crippen LogP contribution in [-0.4, -0.2) is 19.1 Å². The first kappa shape index (κ1) is 16.9. The van der Waals surface area contributed by atoms with Crippen molar-refractivity contribution in [2.24, 2.45) is 0 Å². The molecule has 0 saturated carbocycles. The second kappa shape index (κ2) is 7.68. The first-order valence-corrected chi connectivity index (χ1v) is 7.84. The molecule has 0 saturated heterocycles. The third-order valence-corrected chi connectivity index (χ3v) is 3.75. The topological polar surface area (TPSA) is 50.4 Å². The summed E-state index contributed by atoms with van der Waals surface area (Å²) in [5.41, 5.74) is 3.98. The van der Waals surface area contributed by atoms with Crippen LogP contribution in [0.1, 0.15) is 25.0 Å². The number of carbonyl (C=O) groups excluding carboxylic acids is 1. The van der Waals surface area contributed by atoms with Crippen molar-refractivity contribution in [1.82, 2.24) is 0 Å². The van der Waals surface area contributed by atoms with E-state index in [-0.39, 0.29) is 11.9 Å². The maximum absolute atomic E-state index is 12.3. The zero-order valence-electron chi connectivity index (χ0n) is 14.1. The van der Waals surface area contributed by atoms with Crippen molar-refractivity contribution in [3.8, 4) is 5.75 Å². The van der Waals surface area contributed by atoms with Gasteiger partial charge in [0.15, 0.2) is 0 Å². The van der Waals surface area contributed by atoms with Crippen molar-refractivity contribution >= 4 is 17.3 Å². The van der Waals surface area contributed by atoms with Gasteiger partial charge in [-0.3, -0.25) is 4.79 Å². The van der Waals surface area contributed by atoms with E-state index in [1.165, 1.54) is 5.56 Å².